The molecule has 12 heavy (non-hydrogen) atoms. The fourth-order valence-corrected chi connectivity index (χ4v) is 1.06. The Labute approximate surface area is 73.5 Å². The molecule has 0 spiro atoms. The van der Waals surface area contributed by atoms with E-state index in [1.807, 2.05) is 6.92 Å². The lowest BCUT2D eigenvalue weighted by atomic mass is 10.2. The lowest BCUT2D eigenvalue weighted by Crippen LogP contribution is -2.33. The Hall–Kier alpha value is -0.860. The number of nitrogens with one attached hydrogen (secondary N) is 1. The van der Waals surface area contributed by atoms with Crippen LogP contribution in [0.2, 0.25) is 0 Å². The minimum atomic E-state index is -0.163. The molecule has 0 rings (SSSR count). The van der Waals surface area contributed by atoms with Gasteiger partial charge in [-0.2, -0.15) is 0 Å². The Balaban J connectivity index is 3.61. The van der Waals surface area contributed by atoms with Crippen LogP contribution in [0.15, 0.2) is 0 Å². The van der Waals surface area contributed by atoms with Gasteiger partial charge in [-0.3, -0.25) is 9.59 Å². The van der Waals surface area contributed by atoms with Crippen molar-refractivity contribution in [2.75, 3.05) is 0 Å². The van der Waals surface area contributed by atoms with Crippen molar-refractivity contribution in [1.82, 2.24) is 5.32 Å². The fourth-order valence-electron chi connectivity index (χ4n) is 1.06. The first kappa shape index (κ1) is 11.1. The van der Waals surface area contributed by atoms with Crippen LogP contribution in [0.4, 0.5) is 0 Å². The second-order valence-corrected chi connectivity index (χ2v) is 3.14. The van der Waals surface area contributed by atoms with Crippen LogP contribution < -0.4 is 5.32 Å². The molecule has 0 radical (unpaired) electrons. The lowest BCUT2D eigenvalue weighted by molar-refractivity contribution is -0.127. The largest absolute Gasteiger partial charge is 0.353 e. The molecule has 0 fully saturated rings. The number of ketones is 1. The zero-order valence-electron chi connectivity index (χ0n) is 8.02. The molecule has 0 bridgehead atoms. The van der Waals surface area contributed by atoms with Gasteiger partial charge in [-0.25, -0.2) is 0 Å². The van der Waals surface area contributed by atoms with Crippen molar-refractivity contribution in [1.29, 1.82) is 0 Å². The summed E-state index contributed by atoms with van der Waals surface area (Å²) in [6, 6.07) is 0.182. The van der Waals surface area contributed by atoms with Crippen LogP contribution in [0.25, 0.3) is 0 Å². The molecule has 3 heteroatoms. The Morgan fingerprint density at radius 3 is 2.42 bits per heavy atom. The van der Waals surface area contributed by atoms with E-state index < -0.39 is 0 Å². The second kappa shape index (κ2) is 5.75. The molecule has 0 saturated carbocycles. The van der Waals surface area contributed by atoms with E-state index in [1.54, 1.807) is 0 Å². The van der Waals surface area contributed by atoms with Crippen molar-refractivity contribution in [3.63, 3.8) is 0 Å². The zero-order valence-corrected chi connectivity index (χ0v) is 8.02. The van der Waals surface area contributed by atoms with Crippen molar-refractivity contribution in [2.24, 2.45) is 0 Å². The van der Waals surface area contributed by atoms with Crippen molar-refractivity contribution in [3.8, 4) is 0 Å². The van der Waals surface area contributed by atoms with Gasteiger partial charge in [0.05, 0.1) is 6.42 Å². The van der Waals surface area contributed by atoms with E-state index in [2.05, 4.69) is 12.2 Å². The van der Waals surface area contributed by atoms with E-state index in [0.29, 0.717) is 0 Å². The van der Waals surface area contributed by atoms with Gasteiger partial charge < -0.3 is 5.32 Å². The van der Waals surface area contributed by atoms with Gasteiger partial charge >= 0.3 is 0 Å². The fraction of sp³-hybridized carbons (Fsp3) is 0.778. The molecule has 0 saturated heterocycles. The Morgan fingerprint density at radius 1 is 1.42 bits per heavy atom. The summed E-state index contributed by atoms with van der Waals surface area (Å²) in [6.07, 6.45) is 2.01. The summed E-state index contributed by atoms with van der Waals surface area (Å²) in [5.74, 6) is -0.250. The molecule has 0 aromatic heterocycles. The molecule has 0 aliphatic carbocycles. The molecule has 70 valence electrons. The predicted octanol–water partition coefficient (Wildman–Crippen LogP) is 1.27. The van der Waals surface area contributed by atoms with Gasteiger partial charge in [0.2, 0.25) is 5.91 Å². The van der Waals surface area contributed by atoms with Crippen LogP contribution in [0.1, 0.15) is 40.0 Å². The molecule has 0 aliphatic heterocycles. The van der Waals surface area contributed by atoms with Gasteiger partial charge in [0.15, 0.2) is 0 Å². The average Bonchev–Trinajstić information content (AvgIpc) is 1.84. The number of Topliss-reactive ketones (excluding diaryl/α,β-unsaturated/α-hetero) is 1. The van der Waals surface area contributed by atoms with E-state index in [4.69, 9.17) is 0 Å². The van der Waals surface area contributed by atoms with Crippen LogP contribution in [-0.2, 0) is 9.59 Å². The molecular formula is C9H17NO2. The molecule has 0 aromatic rings. The number of hydrogen-bond donors (Lipinski definition) is 1. The number of carbonyl (C=O) groups is 2. The molecule has 1 unspecified atom stereocenters. The smallest absolute Gasteiger partial charge is 0.227 e. The maximum atomic E-state index is 11.0. The van der Waals surface area contributed by atoms with Crippen molar-refractivity contribution in [3.05, 3.63) is 0 Å². The molecule has 0 aliphatic rings. The second-order valence-electron chi connectivity index (χ2n) is 3.14. The van der Waals surface area contributed by atoms with Gasteiger partial charge in [-0.1, -0.05) is 13.3 Å². The Bertz CT molecular complexity index is 166. The van der Waals surface area contributed by atoms with Gasteiger partial charge in [0.25, 0.3) is 0 Å². The van der Waals surface area contributed by atoms with E-state index in [0.717, 1.165) is 12.8 Å². The summed E-state index contributed by atoms with van der Waals surface area (Å²) in [5, 5.41) is 2.75. The highest BCUT2D eigenvalue weighted by Crippen LogP contribution is 1.95. The highest BCUT2D eigenvalue weighted by atomic mass is 16.2. The monoisotopic (exact) mass is 171 g/mol. The van der Waals surface area contributed by atoms with Gasteiger partial charge in [0, 0.05) is 6.04 Å². The first-order chi connectivity index (χ1) is 5.56. The topological polar surface area (TPSA) is 46.2 Å². The third-order valence-corrected chi connectivity index (χ3v) is 1.54. The first-order valence-electron chi connectivity index (χ1n) is 4.35. The number of rotatable bonds is 5. The Morgan fingerprint density at radius 2 is 2.00 bits per heavy atom. The van der Waals surface area contributed by atoms with Crippen LogP contribution >= 0.6 is 0 Å². The van der Waals surface area contributed by atoms with Crippen LogP contribution in [0.3, 0.4) is 0 Å². The molecule has 1 atom stereocenters. The molecular weight excluding hydrogens is 154 g/mol. The van der Waals surface area contributed by atoms with Crippen LogP contribution in [0, 0.1) is 0 Å². The predicted molar refractivity (Wildman–Crippen MR) is 47.8 cm³/mol. The quantitative estimate of drug-likeness (QED) is 0.633. The maximum absolute atomic E-state index is 11.0. The lowest BCUT2D eigenvalue weighted by Gasteiger charge is -2.11. The highest BCUT2D eigenvalue weighted by molar-refractivity contribution is 5.96. The molecule has 1 amide bonds. The van der Waals surface area contributed by atoms with E-state index >= 15 is 0 Å². The van der Waals surface area contributed by atoms with Crippen molar-refractivity contribution in [2.45, 2.75) is 46.1 Å². The summed E-state index contributed by atoms with van der Waals surface area (Å²) < 4.78 is 0. The minimum Gasteiger partial charge on any atom is -0.353 e. The van der Waals surface area contributed by atoms with Crippen molar-refractivity contribution >= 4 is 11.7 Å². The summed E-state index contributed by atoms with van der Waals surface area (Å²) in [5.41, 5.74) is 0. The normalized spacial score (nSPS) is 12.2. The Kier molecular flexibility index (Phi) is 5.34. The zero-order chi connectivity index (χ0) is 9.56. The number of hydrogen-bond acceptors (Lipinski definition) is 2. The van der Waals surface area contributed by atoms with Gasteiger partial charge in [0.1, 0.15) is 5.78 Å². The summed E-state index contributed by atoms with van der Waals surface area (Å²) in [6.45, 7) is 5.43. The average molecular weight is 171 g/mol. The van der Waals surface area contributed by atoms with Crippen LogP contribution in [0.5, 0.6) is 0 Å². The molecule has 3 nitrogen and oxygen atoms in total. The van der Waals surface area contributed by atoms with Crippen LogP contribution in [-0.4, -0.2) is 17.7 Å². The van der Waals surface area contributed by atoms with Gasteiger partial charge in [-0.05, 0) is 20.3 Å². The van der Waals surface area contributed by atoms with E-state index in [-0.39, 0.29) is 24.2 Å². The molecule has 0 aromatic carbocycles. The van der Waals surface area contributed by atoms with E-state index in [1.165, 1.54) is 6.92 Å². The number of amides is 1. The van der Waals surface area contributed by atoms with Gasteiger partial charge in [-0.15, -0.1) is 0 Å². The molecule has 0 heterocycles. The summed E-state index contributed by atoms with van der Waals surface area (Å²) in [4.78, 5) is 21.5. The standard InChI is InChI=1S/C9H17NO2/c1-4-5-7(2)10-9(12)6-8(3)11/h7H,4-6H2,1-3H3,(H,10,12). The summed E-state index contributed by atoms with van der Waals surface area (Å²) in [7, 11) is 0. The van der Waals surface area contributed by atoms with Crippen molar-refractivity contribution < 1.29 is 9.59 Å². The summed E-state index contributed by atoms with van der Waals surface area (Å²) >= 11 is 0. The highest BCUT2D eigenvalue weighted by Gasteiger charge is 2.07. The third-order valence-electron chi connectivity index (χ3n) is 1.54. The molecule has 1 N–H and O–H groups in total. The van der Waals surface area contributed by atoms with E-state index in [9.17, 15) is 9.59 Å². The first-order valence-corrected chi connectivity index (χ1v) is 4.35. The third kappa shape index (κ3) is 5.89. The minimum absolute atomic E-state index is 0.00799. The SMILES string of the molecule is CCCC(C)NC(=O)CC(C)=O. The number of carbonyl (C=O) groups excluding carboxylic acids is 2. The maximum Gasteiger partial charge on any atom is 0.227 e.